The van der Waals surface area contributed by atoms with Gasteiger partial charge in [-0.1, -0.05) is 0 Å². The number of nitro groups is 1. The summed E-state index contributed by atoms with van der Waals surface area (Å²) in [5, 5.41) is 13.5. The van der Waals surface area contributed by atoms with Crippen LogP contribution in [-0.4, -0.2) is 71.0 Å². The van der Waals surface area contributed by atoms with Gasteiger partial charge in [-0.3, -0.25) is 15.0 Å². The molecule has 19 heavy (non-hydrogen) atoms. The van der Waals surface area contributed by atoms with E-state index >= 15 is 0 Å². The minimum atomic E-state index is -0.506. The second kappa shape index (κ2) is 6.39. The summed E-state index contributed by atoms with van der Waals surface area (Å²) in [7, 11) is 2.13. The lowest BCUT2D eigenvalue weighted by molar-refractivity contribution is -0.385. The molecule has 0 bridgehead atoms. The third-order valence-electron chi connectivity index (χ3n) is 3.16. The smallest absolute Gasteiger partial charge is 0.305 e. The highest BCUT2D eigenvalue weighted by molar-refractivity contribution is 5.30. The number of anilines is 1. The van der Waals surface area contributed by atoms with Gasteiger partial charge in [-0.2, -0.15) is 0 Å². The number of hydrogen-bond donors (Lipinski definition) is 1. The minimum Gasteiger partial charge on any atom is -0.353 e. The van der Waals surface area contributed by atoms with E-state index in [-0.39, 0.29) is 5.69 Å². The molecule has 1 aromatic rings. The van der Waals surface area contributed by atoms with Gasteiger partial charge in [0.1, 0.15) is 12.4 Å². The number of nitrogens with one attached hydrogen (secondary N) is 1. The summed E-state index contributed by atoms with van der Waals surface area (Å²) < 4.78 is 0. The molecule has 0 unspecified atom stereocenters. The standard InChI is InChI=1S/C11H18N6O2/c1-15-4-6-16(7-5-15)3-2-12-11-13-8-10(9-14-11)17(18)19/h8-9H,2-7H2,1H3,(H,12,13,14). The third-order valence-corrected chi connectivity index (χ3v) is 3.16. The van der Waals surface area contributed by atoms with Crippen molar-refractivity contribution in [2.24, 2.45) is 0 Å². The van der Waals surface area contributed by atoms with Gasteiger partial charge in [0, 0.05) is 39.3 Å². The third kappa shape index (κ3) is 4.11. The van der Waals surface area contributed by atoms with E-state index in [1.807, 2.05) is 0 Å². The van der Waals surface area contributed by atoms with Gasteiger partial charge in [-0.05, 0) is 7.05 Å². The Bertz CT molecular complexity index is 416. The molecule has 104 valence electrons. The zero-order valence-electron chi connectivity index (χ0n) is 10.9. The Morgan fingerprint density at radius 3 is 2.53 bits per heavy atom. The Labute approximate surface area is 111 Å². The fourth-order valence-electron chi connectivity index (χ4n) is 1.90. The van der Waals surface area contributed by atoms with E-state index in [1.165, 1.54) is 12.4 Å². The van der Waals surface area contributed by atoms with Crippen LogP contribution >= 0.6 is 0 Å². The lowest BCUT2D eigenvalue weighted by Crippen LogP contribution is -2.45. The van der Waals surface area contributed by atoms with Crippen LogP contribution < -0.4 is 5.32 Å². The Balaban J connectivity index is 1.72. The molecule has 2 rings (SSSR count). The molecule has 0 radical (unpaired) electrons. The maximum atomic E-state index is 10.5. The Hall–Kier alpha value is -1.80. The van der Waals surface area contributed by atoms with Crippen molar-refractivity contribution in [1.29, 1.82) is 0 Å². The van der Waals surface area contributed by atoms with Crippen LogP contribution in [0.1, 0.15) is 0 Å². The molecule has 1 N–H and O–H groups in total. The molecule has 1 saturated heterocycles. The van der Waals surface area contributed by atoms with Crippen molar-refractivity contribution in [3.8, 4) is 0 Å². The van der Waals surface area contributed by atoms with E-state index in [1.54, 1.807) is 0 Å². The van der Waals surface area contributed by atoms with Crippen LogP contribution in [0.5, 0.6) is 0 Å². The molecule has 0 atom stereocenters. The van der Waals surface area contributed by atoms with Crippen LogP contribution in [0.3, 0.4) is 0 Å². The fraction of sp³-hybridized carbons (Fsp3) is 0.636. The molecule has 0 aliphatic carbocycles. The average molecular weight is 266 g/mol. The second-order valence-electron chi connectivity index (χ2n) is 4.59. The van der Waals surface area contributed by atoms with Gasteiger partial charge in [0.15, 0.2) is 0 Å². The zero-order chi connectivity index (χ0) is 13.7. The molecule has 1 aromatic heterocycles. The first kappa shape index (κ1) is 13.6. The largest absolute Gasteiger partial charge is 0.353 e. The Morgan fingerprint density at radius 1 is 1.32 bits per heavy atom. The maximum Gasteiger partial charge on any atom is 0.305 e. The summed E-state index contributed by atoms with van der Waals surface area (Å²) in [5.74, 6) is 0.430. The van der Waals surface area contributed by atoms with E-state index < -0.39 is 4.92 Å². The van der Waals surface area contributed by atoms with E-state index in [0.717, 1.165) is 39.3 Å². The van der Waals surface area contributed by atoms with Crippen LogP contribution in [0.15, 0.2) is 12.4 Å². The quantitative estimate of drug-likeness (QED) is 0.595. The molecule has 1 aliphatic rings. The SMILES string of the molecule is CN1CCN(CCNc2ncc([N+](=O)[O-])cn2)CC1. The van der Waals surface area contributed by atoms with Crippen molar-refractivity contribution < 1.29 is 4.92 Å². The molecule has 0 aromatic carbocycles. The van der Waals surface area contributed by atoms with Crippen molar-refractivity contribution in [2.75, 3.05) is 51.6 Å². The number of nitrogens with zero attached hydrogens (tertiary/aromatic N) is 5. The number of hydrogen-bond acceptors (Lipinski definition) is 7. The van der Waals surface area contributed by atoms with E-state index in [4.69, 9.17) is 0 Å². The van der Waals surface area contributed by atoms with Gasteiger partial charge in [0.25, 0.3) is 0 Å². The predicted molar refractivity (Wildman–Crippen MR) is 71.1 cm³/mol. The summed E-state index contributed by atoms with van der Waals surface area (Å²) in [6.45, 7) is 5.98. The summed E-state index contributed by atoms with van der Waals surface area (Å²) in [6.07, 6.45) is 2.43. The zero-order valence-corrected chi connectivity index (χ0v) is 10.9. The average Bonchev–Trinajstić information content (AvgIpc) is 2.41. The minimum absolute atomic E-state index is 0.0929. The Kier molecular flexibility index (Phi) is 4.58. The van der Waals surface area contributed by atoms with Crippen LogP contribution in [0.4, 0.5) is 11.6 Å². The first-order valence-electron chi connectivity index (χ1n) is 6.26. The highest BCUT2D eigenvalue weighted by atomic mass is 16.6. The summed E-state index contributed by atoms with van der Waals surface area (Å²) in [4.78, 5) is 22.4. The molecule has 0 spiro atoms. The van der Waals surface area contributed by atoms with Gasteiger partial charge >= 0.3 is 5.69 Å². The van der Waals surface area contributed by atoms with Crippen molar-refractivity contribution in [3.63, 3.8) is 0 Å². The van der Waals surface area contributed by atoms with Crippen LogP contribution in [0.25, 0.3) is 0 Å². The lowest BCUT2D eigenvalue weighted by Gasteiger charge is -2.32. The van der Waals surface area contributed by atoms with Crippen molar-refractivity contribution in [1.82, 2.24) is 19.8 Å². The topological polar surface area (TPSA) is 87.4 Å². The maximum absolute atomic E-state index is 10.5. The predicted octanol–water partition coefficient (Wildman–Crippen LogP) is 0.0441. The molecule has 0 amide bonds. The molecule has 2 heterocycles. The summed E-state index contributed by atoms with van der Waals surface area (Å²) in [6, 6.07) is 0. The fourth-order valence-corrected chi connectivity index (χ4v) is 1.90. The first-order chi connectivity index (χ1) is 9.15. The summed E-state index contributed by atoms with van der Waals surface area (Å²) in [5.41, 5.74) is -0.0929. The van der Waals surface area contributed by atoms with Crippen LogP contribution in [0, 0.1) is 10.1 Å². The molecule has 1 aliphatic heterocycles. The Morgan fingerprint density at radius 2 is 1.95 bits per heavy atom. The van der Waals surface area contributed by atoms with Gasteiger partial charge in [-0.15, -0.1) is 0 Å². The van der Waals surface area contributed by atoms with Gasteiger partial charge < -0.3 is 10.2 Å². The number of likely N-dealkylation sites (N-methyl/N-ethyl adjacent to an activating group) is 1. The number of rotatable bonds is 5. The molecule has 1 fully saturated rings. The van der Waals surface area contributed by atoms with Gasteiger partial charge in [-0.25, -0.2) is 9.97 Å². The highest BCUT2D eigenvalue weighted by Crippen LogP contribution is 2.07. The molecular formula is C11H18N6O2. The van der Waals surface area contributed by atoms with Crippen LogP contribution in [-0.2, 0) is 0 Å². The number of piperazine rings is 1. The van der Waals surface area contributed by atoms with Gasteiger partial charge in [0.2, 0.25) is 5.95 Å². The van der Waals surface area contributed by atoms with Crippen molar-refractivity contribution >= 4 is 11.6 Å². The summed E-state index contributed by atoms with van der Waals surface area (Å²) >= 11 is 0. The monoisotopic (exact) mass is 266 g/mol. The van der Waals surface area contributed by atoms with Crippen molar-refractivity contribution in [3.05, 3.63) is 22.5 Å². The second-order valence-corrected chi connectivity index (χ2v) is 4.59. The van der Waals surface area contributed by atoms with E-state index in [0.29, 0.717) is 5.95 Å². The molecule has 8 nitrogen and oxygen atoms in total. The normalized spacial score (nSPS) is 17.3. The molecule has 8 heteroatoms. The number of aromatic nitrogens is 2. The molecule has 0 saturated carbocycles. The first-order valence-corrected chi connectivity index (χ1v) is 6.26. The van der Waals surface area contributed by atoms with Crippen molar-refractivity contribution in [2.45, 2.75) is 0 Å². The van der Waals surface area contributed by atoms with E-state index in [2.05, 4.69) is 32.1 Å². The van der Waals surface area contributed by atoms with Crippen LogP contribution in [0.2, 0.25) is 0 Å². The highest BCUT2D eigenvalue weighted by Gasteiger charge is 2.13. The molecular weight excluding hydrogens is 248 g/mol. The van der Waals surface area contributed by atoms with E-state index in [9.17, 15) is 10.1 Å². The lowest BCUT2D eigenvalue weighted by atomic mass is 10.3. The van der Waals surface area contributed by atoms with Gasteiger partial charge in [0.05, 0.1) is 4.92 Å².